The molecule has 0 radical (unpaired) electrons. The summed E-state index contributed by atoms with van der Waals surface area (Å²) in [5.41, 5.74) is 2.71. The molecule has 0 saturated heterocycles. The van der Waals surface area contributed by atoms with Crippen molar-refractivity contribution in [2.24, 2.45) is 7.05 Å². The number of para-hydroxylation sites is 1. The summed E-state index contributed by atoms with van der Waals surface area (Å²) in [6.07, 6.45) is 1.09. The molecule has 0 fully saturated rings. The monoisotopic (exact) mass is 237 g/mol. The van der Waals surface area contributed by atoms with Crippen LogP contribution in [0.15, 0.2) is 30.3 Å². The van der Waals surface area contributed by atoms with E-state index in [-0.39, 0.29) is 0 Å². The van der Waals surface area contributed by atoms with Crippen molar-refractivity contribution in [1.82, 2.24) is 4.57 Å². The molecule has 0 bridgehead atoms. The molecule has 0 spiro atoms. The molecule has 0 saturated carbocycles. The van der Waals surface area contributed by atoms with Gasteiger partial charge < -0.3 is 4.57 Å². The molecule has 0 atom stereocenters. The highest BCUT2D eigenvalue weighted by Crippen LogP contribution is 2.18. The van der Waals surface area contributed by atoms with E-state index in [4.69, 9.17) is 0 Å². The lowest BCUT2D eigenvalue weighted by Gasteiger charge is -2.00. The average molecular weight is 238 g/mol. The minimum absolute atomic E-state index is 1.02. The van der Waals surface area contributed by atoms with Gasteiger partial charge in [0.25, 0.3) is 0 Å². The van der Waals surface area contributed by atoms with Gasteiger partial charge in [-0.2, -0.15) is 0 Å². The molecule has 2 heteroatoms. The first kappa shape index (κ1) is 8.82. The van der Waals surface area contributed by atoms with E-state index >= 15 is 0 Å². The van der Waals surface area contributed by atoms with E-state index in [1.807, 2.05) is 0 Å². The van der Waals surface area contributed by atoms with Crippen LogP contribution in [0.25, 0.3) is 10.9 Å². The molecule has 1 aromatic carbocycles. The van der Waals surface area contributed by atoms with Crippen molar-refractivity contribution in [3.05, 3.63) is 36.0 Å². The second-order valence-electron chi connectivity index (χ2n) is 3.19. The molecule has 0 aliphatic rings. The standard InChI is InChI=1S/C11H12BrN/c1-13-10(6-7-12)8-9-4-2-3-5-11(9)13/h2-5,8H,6-7H2,1H3. The third-order valence-corrected chi connectivity index (χ3v) is 2.80. The highest BCUT2D eigenvalue weighted by Gasteiger charge is 2.02. The molecule has 2 rings (SSSR count). The van der Waals surface area contributed by atoms with Crippen LogP contribution in [0.3, 0.4) is 0 Å². The van der Waals surface area contributed by atoms with Crippen LogP contribution >= 0.6 is 15.9 Å². The molecule has 0 aliphatic heterocycles. The van der Waals surface area contributed by atoms with Crippen LogP contribution in [0.4, 0.5) is 0 Å². The van der Waals surface area contributed by atoms with Gasteiger partial charge in [0.05, 0.1) is 0 Å². The highest BCUT2D eigenvalue weighted by atomic mass is 79.9. The number of alkyl halides is 1. The van der Waals surface area contributed by atoms with E-state index in [1.54, 1.807) is 0 Å². The number of aryl methyl sites for hydroxylation is 2. The Bertz CT molecular complexity index is 417. The number of halogens is 1. The molecule has 68 valence electrons. The fourth-order valence-corrected chi connectivity index (χ4v) is 2.09. The number of nitrogens with zero attached hydrogens (tertiary/aromatic N) is 1. The largest absolute Gasteiger partial charge is 0.348 e. The number of benzene rings is 1. The van der Waals surface area contributed by atoms with Crippen LogP contribution in [0, 0.1) is 0 Å². The molecular weight excluding hydrogens is 226 g/mol. The van der Waals surface area contributed by atoms with E-state index in [9.17, 15) is 0 Å². The second kappa shape index (κ2) is 3.54. The Kier molecular flexibility index (Phi) is 2.40. The van der Waals surface area contributed by atoms with Gasteiger partial charge in [-0.25, -0.2) is 0 Å². The first-order chi connectivity index (χ1) is 6.33. The lowest BCUT2D eigenvalue weighted by molar-refractivity contribution is 0.872. The highest BCUT2D eigenvalue weighted by molar-refractivity contribution is 9.09. The molecule has 0 amide bonds. The number of hydrogen-bond donors (Lipinski definition) is 0. The lowest BCUT2D eigenvalue weighted by atomic mass is 10.2. The van der Waals surface area contributed by atoms with Crippen LogP contribution in [-0.4, -0.2) is 9.90 Å². The summed E-state index contributed by atoms with van der Waals surface area (Å²) in [4.78, 5) is 0. The van der Waals surface area contributed by atoms with Crippen LogP contribution in [-0.2, 0) is 13.5 Å². The number of aromatic nitrogens is 1. The predicted molar refractivity (Wildman–Crippen MR) is 60.4 cm³/mol. The number of rotatable bonds is 2. The minimum atomic E-state index is 1.02. The van der Waals surface area contributed by atoms with Crippen molar-refractivity contribution < 1.29 is 0 Å². The maximum absolute atomic E-state index is 3.46. The van der Waals surface area contributed by atoms with Gasteiger partial charge in [-0.1, -0.05) is 34.1 Å². The van der Waals surface area contributed by atoms with Crippen molar-refractivity contribution in [2.45, 2.75) is 6.42 Å². The molecule has 0 aliphatic carbocycles. The Morgan fingerprint density at radius 1 is 1.31 bits per heavy atom. The molecule has 2 aromatic rings. The Morgan fingerprint density at radius 3 is 2.77 bits per heavy atom. The first-order valence-electron chi connectivity index (χ1n) is 4.42. The summed E-state index contributed by atoms with van der Waals surface area (Å²) in [5, 5.41) is 2.36. The van der Waals surface area contributed by atoms with Gasteiger partial charge >= 0.3 is 0 Å². The summed E-state index contributed by atoms with van der Waals surface area (Å²) in [6.45, 7) is 0. The SMILES string of the molecule is Cn1c(CCBr)cc2ccccc21. The van der Waals surface area contributed by atoms with Crippen molar-refractivity contribution in [3.63, 3.8) is 0 Å². The van der Waals surface area contributed by atoms with Crippen molar-refractivity contribution in [1.29, 1.82) is 0 Å². The van der Waals surface area contributed by atoms with Gasteiger partial charge in [-0.05, 0) is 23.9 Å². The Morgan fingerprint density at radius 2 is 2.08 bits per heavy atom. The van der Waals surface area contributed by atoms with E-state index in [1.165, 1.54) is 16.6 Å². The smallest absolute Gasteiger partial charge is 0.0479 e. The molecular formula is C11H12BrN. The predicted octanol–water partition coefficient (Wildman–Crippen LogP) is 3.12. The Balaban J connectivity index is 2.60. The molecule has 13 heavy (non-hydrogen) atoms. The maximum Gasteiger partial charge on any atom is 0.0479 e. The maximum atomic E-state index is 3.46. The fourth-order valence-electron chi connectivity index (χ4n) is 1.68. The molecule has 1 heterocycles. The van der Waals surface area contributed by atoms with Crippen molar-refractivity contribution >= 4 is 26.8 Å². The second-order valence-corrected chi connectivity index (χ2v) is 3.99. The molecule has 0 N–H and O–H groups in total. The zero-order valence-electron chi connectivity index (χ0n) is 7.63. The zero-order chi connectivity index (χ0) is 9.26. The van der Waals surface area contributed by atoms with Crippen molar-refractivity contribution in [2.75, 3.05) is 5.33 Å². The van der Waals surface area contributed by atoms with E-state index < -0.39 is 0 Å². The van der Waals surface area contributed by atoms with Crippen LogP contribution < -0.4 is 0 Å². The molecule has 1 aromatic heterocycles. The van der Waals surface area contributed by atoms with Gasteiger partial charge in [0.1, 0.15) is 0 Å². The molecule has 1 nitrogen and oxygen atoms in total. The van der Waals surface area contributed by atoms with Gasteiger partial charge in [0.2, 0.25) is 0 Å². The normalized spacial score (nSPS) is 10.9. The van der Waals surface area contributed by atoms with Crippen LogP contribution in [0.1, 0.15) is 5.69 Å². The topological polar surface area (TPSA) is 4.93 Å². The van der Waals surface area contributed by atoms with Gasteiger partial charge in [0, 0.05) is 23.6 Å². The quantitative estimate of drug-likeness (QED) is 0.708. The summed E-state index contributed by atoms with van der Waals surface area (Å²) in [5.74, 6) is 0. The third kappa shape index (κ3) is 1.51. The summed E-state index contributed by atoms with van der Waals surface area (Å²) in [6, 6.07) is 10.7. The average Bonchev–Trinajstić information content (AvgIpc) is 2.46. The van der Waals surface area contributed by atoms with Gasteiger partial charge in [-0.3, -0.25) is 0 Å². The third-order valence-electron chi connectivity index (χ3n) is 2.40. The van der Waals surface area contributed by atoms with Crippen LogP contribution in [0.5, 0.6) is 0 Å². The van der Waals surface area contributed by atoms with E-state index in [0.717, 1.165) is 11.8 Å². The first-order valence-corrected chi connectivity index (χ1v) is 5.54. The minimum Gasteiger partial charge on any atom is -0.348 e. The van der Waals surface area contributed by atoms with Crippen LogP contribution in [0.2, 0.25) is 0 Å². The van der Waals surface area contributed by atoms with Gasteiger partial charge in [-0.15, -0.1) is 0 Å². The zero-order valence-corrected chi connectivity index (χ0v) is 9.21. The Hall–Kier alpha value is -0.760. The fraction of sp³-hybridized carbons (Fsp3) is 0.273. The number of hydrogen-bond acceptors (Lipinski definition) is 0. The van der Waals surface area contributed by atoms with Gasteiger partial charge in [0.15, 0.2) is 0 Å². The van der Waals surface area contributed by atoms with E-state index in [0.29, 0.717) is 0 Å². The van der Waals surface area contributed by atoms with Crippen molar-refractivity contribution in [3.8, 4) is 0 Å². The summed E-state index contributed by atoms with van der Waals surface area (Å²) in [7, 11) is 2.13. The van der Waals surface area contributed by atoms with E-state index in [2.05, 4.69) is 57.9 Å². The number of fused-ring (bicyclic) bond motifs is 1. The lowest BCUT2D eigenvalue weighted by Crippen LogP contribution is -1.95. The summed E-state index contributed by atoms with van der Waals surface area (Å²) < 4.78 is 2.26. The Labute approximate surface area is 86.5 Å². The molecule has 0 unspecified atom stereocenters. The summed E-state index contributed by atoms with van der Waals surface area (Å²) >= 11 is 3.46.